The normalized spacial score (nSPS) is 22.1. The molecule has 3 N–H and O–H groups in total. The summed E-state index contributed by atoms with van der Waals surface area (Å²) in [7, 11) is 0. The molecule has 9 heteroatoms. The average Bonchev–Trinajstić information content (AvgIpc) is 3.21. The molecule has 1 aromatic carbocycles. The van der Waals surface area contributed by atoms with Gasteiger partial charge in [-0.05, 0) is 36.8 Å². The van der Waals surface area contributed by atoms with Crippen molar-refractivity contribution in [3.05, 3.63) is 35.4 Å². The number of likely N-dealkylation sites (tertiary alicyclic amines) is 2. The van der Waals surface area contributed by atoms with Gasteiger partial charge in [0.05, 0.1) is 0 Å². The molecule has 2 heterocycles. The molecule has 1 aromatic rings. The van der Waals surface area contributed by atoms with Gasteiger partial charge in [-0.3, -0.25) is 0 Å². The van der Waals surface area contributed by atoms with Crippen molar-refractivity contribution >= 4 is 12.0 Å². The molecule has 29 heavy (non-hydrogen) atoms. The number of benzene rings is 1. The van der Waals surface area contributed by atoms with E-state index in [0.29, 0.717) is 12.5 Å². The van der Waals surface area contributed by atoms with Crippen molar-refractivity contribution in [2.45, 2.75) is 50.7 Å². The third-order valence-electron chi connectivity index (χ3n) is 5.23. The highest BCUT2D eigenvalue weighted by molar-refractivity contribution is 5.75. The summed E-state index contributed by atoms with van der Waals surface area (Å²) in [6.07, 6.45) is -0.791. The van der Waals surface area contributed by atoms with Gasteiger partial charge in [-0.1, -0.05) is 31.2 Å². The van der Waals surface area contributed by atoms with E-state index in [2.05, 4.69) is 31.2 Å². The molecular formula is C20H28F3N3O3. The number of nitrogens with zero attached hydrogens (tertiary/aromatic N) is 2. The third-order valence-corrected chi connectivity index (χ3v) is 5.23. The van der Waals surface area contributed by atoms with Crippen molar-refractivity contribution in [3.8, 4) is 0 Å². The van der Waals surface area contributed by atoms with Gasteiger partial charge in [0, 0.05) is 38.1 Å². The number of amides is 2. The Hall–Kier alpha value is -2.29. The number of carbonyl (C=O) groups is 2. The number of alkyl halides is 3. The smallest absolute Gasteiger partial charge is 0.475 e. The number of urea groups is 1. The van der Waals surface area contributed by atoms with Gasteiger partial charge in [-0.25, -0.2) is 9.59 Å². The Morgan fingerprint density at radius 3 is 2.14 bits per heavy atom. The van der Waals surface area contributed by atoms with E-state index >= 15 is 0 Å². The van der Waals surface area contributed by atoms with E-state index in [0.717, 1.165) is 45.3 Å². The van der Waals surface area contributed by atoms with Crippen LogP contribution in [0.4, 0.5) is 18.0 Å². The Kier molecular flexibility index (Phi) is 7.89. The largest absolute Gasteiger partial charge is 0.490 e. The molecular weight excluding hydrogens is 387 g/mol. The van der Waals surface area contributed by atoms with E-state index in [1.807, 2.05) is 9.80 Å². The number of carboxylic acid groups (broad SMARTS) is 1. The summed E-state index contributed by atoms with van der Waals surface area (Å²) in [5.41, 5.74) is 8.90. The van der Waals surface area contributed by atoms with Crippen LogP contribution >= 0.6 is 0 Å². The molecule has 0 bridgehead atoms. The van der Waals surface area contributed by atoms with E-state index in [-0.39, 0.29) is 12.1 Å². The molecule has 2 saturated heterocycles. The molecule has 6 nitrogen and oxygen atoms in total. The first-order valence-corrected chi connectivity index (χ1v) is 9.80. The number of carbonyl (C=O) groups excluding carboxylic acids is 1. The van der Waals surface area contributed by atoms with E-state index in [1.54, 1.807) is 0 Å². The fraction of sp³-hybridized carbons (Fsp3) is 0.600. The summed E-state index contributed by atoms with van der Waals surface area (Å²) in [5, 5.41) is 7.12. The minimum Gasteiger partial charge on any atom is -0.475 e. The van der Waals surface area contributed by atoms with Crippen molar-refractivity contribution in [2.75, 3.05) is 26.2 Å². The van der Waals surface area contributed by atoms with Crippen LogP contribution in [0.2, 0.25) is 0 Å². The summed E-state index contributed by atoms with van der Waals surface area (Å²) in [6.45, 7) is 5.47. The summed E-state index contributed by atoms with van der Waals surface area (Å²) in [6, 6.07) is 9.07. The first-order valence-electron chi connectivity index (χ1n) is 9.80. The molecule has 2 aliphatic heterocycles. The third kappa shape index (κ3) is 6.62. The summed E-state index contributed by atoms with van der Waals surface area (Å²) < 4.78 is 31.7. The lowest BCUT2D eigenvalue weighted by molar-refractivity contribution is -0.192. The fourth-order valence-electron chi connectivity index (χ4n) is 3.67. The Morgan fingerprint density at radius 1 is 1.10 bits per heavy atom. The van der Waals surface area contributed by atoms with Crippen LogP contribution in [-0.2, 0) is 11.2 Å². The molecule has 0 aliphatic carbocycles. The number of rotatable bonds is 2. The van der Waals surface area contributed by atoms with Gasteiger partial charge < -0.3 is 20.6 Å². The second-order valence-electron chi connectivity index (χ2n) is 7.47. The molecule has 2 atom stereocenters. The van der Waals surface area contributed by atoms with Crippen LogP contribution in [0.5, 0.6) is 0 Å². The summed E-state index contributed by atoms with van der Waals surface area (Å²) in [4.78, 5) is 25.5. The van der Waals surface area contributed by atoms with Crippen LogP contribution < -0.4 is 5.73 Å². The molecule has 2 unspecified atom stereocenters. The van der Waals surface area contributed by atoms with Gasteiger partial charge in [-0.15, -0.1) is 0 Å². The van der Waals surface area contributed by atoms with Gasteiger partial charge in [0.2, 0.25) is 0 Å². The highest BCUT2D eigenvalue weighted by Crippen LogP contribution is 2.28. The molecule has 2 aliphatic rings. The highest BCUT2D eigenvalue weighted by atomic mass is 19.4. The molecule has 0 radical (unpaired) electrons. The minimum atomic E-state index is -5.08. The standard InChI is InChI=1S/C18H27N3O.C2HF3O2/c1-2-14-5-7-15(8-6-14)16-11-17(19)13-21(12-16)18(22)20-9-3-4-10-20;3-2(4,5)1(6)7/h5-8,16-17H,2-4,9-13,19H2,1H3;(H,6,7). The van der Waals surface area contributed by atoms with Crippen LogP contribution in [0.3, 0.4) is 0 Å². The maximum atomic E-state index is 12.6. The lowest BCUT2D eigenvalue weighted by atomic mass is 9.88. The van der Waals surface area contributed by atoms with E-state index in [4.69, 9.17) is 15.6 Å². The van der Waals surface area contributed by atoms with Crippen LogP contribution in [-0.4, -0.2) is 65.3 Å². The zero-order chi connectivity index (χ0) is 21.6. The summed E-state index contributed by atoms with van der Waals surface area (Å²) in [5.74, 6) is -2.39. The minimum absolute atomic E-state index is 0.0798. The van der Waals surface area contributed by atoms with Crippen LogP contribution in [0, 0.1) is 0 Å². The lowest BCUT2D eigenvalue weighted by Crippen LogP contribution is -2.52. The number of aryl methyl sites for hydroxylation is 1. The first-order chi connectivity index (χ1) is 13.6. The van der Waals surface area contributed by atoms with E-state index in [9.17, 15) is 18.0 Å². The fourth-order valence-corrected chi connectivity index (χ4v) is 3.67. The zero-order valence-corrected chi connectivity index (χ0v) is 16.5. The highest BCUT2D eigenvalue weighted by Gasteiger charge is 2.38. The Balaban J connectivity index is 0.000000370. The number of hydrogen-bond acceptors (Lipinski definition) is 3. The van der Waals surface area contributed by atoms with Gasteiger partial charge in [0.1, 0.15) is 0 Å². The number of nitrogens with two attached hydrogens (primary N) is 1. The lowest BCUT2D eigenvalue weighted by Gasteiger charge is -2.38. The van der Waals surface area contributed by atoms with Crippen molar-refractivity contribution in [1.82, 2.24) is 9.80 Å². The maximum absolute atomic E-state index is 12.6. The molecule has 0 saturated carbocycles. The summed E-state index contributed by atoms with van der Waals surface area (Å²) >= 11 is 0. The number of carboxylic acids is 1. The van der Waals surface area contributed by atoms with Crippen molar-refractivity contribution in [3.63, 3.8) is 0 Å². The number of halogens is 3. The number of aliphatic carboxylic acids is 1. The van der Waals surface area contributed by atoms with E-state index < -0.39 is 12.1 Å². The van der Waals surface area contributed by atoms with Gasteiger partial charge in [0.25, 0.3) is 0 Å². The number of hydrogen-bond donors (Lipinski definition) is 2. The predicted octanol–water partition coefficient (Wildman–Crippen LogP) is 3.21. The van der Waals surface area contributed by atoms with E-state index in [1.165, 1.54) is 11.1 Å². The second-order valence-corrected chi connectivity index (χ2v) is 7.47. The van der Waals surface area contributed by atoms with Crippen molar-refractivity contribution < 1.29 is 27.9 Å². The molecule has 3 rings (SSSR count). The molecule has 2 fully saturated rings. The number of piperidine rings is 1. The van der Waals surface area contributed by atoms with Crippen molar-refractivity contribution in [1.29, 1.82) is 0 Å². The van der Waals surface area contributed by atoms with Gasteiger partial charge >= 0.3 is 18.2 Å². The van der Waals surface area contributed by atoms with Gasteiger partial charge in [0.15, 0.2) is 0 Å². The topological polar surface area (TPSA) is 86.9 Å². The zero-order valence-electron chi connectivity index (χ0n) is 16.5. The molecule has 162 valence electrons. The molecule has 2 amide bonds. The van der Waals surface area contributed by atoms with Crippen molar-refractivity contribution in [2.24, 2.45) is 5.73 Å². The predicted molar refractivity (Wildman–Crippen MR) is 103 cm³/mol. The molecule has 0 spiro atoms. The maximum Gasteiger partial charge on any atom is 0.490 e. The average molecular weight is 415 g/mol. The van der Waals surface area contributed by atoms with Crippen LogP contribution in [0.15, 0.2) is 24.3 Å². The first kappa shape index (κ1) is 23.0. The second kappa shape index (κ2) is 9.96. The molecule has 0 aromatic heterocycles. The Bertz CT molecular complexity index is 688. The Morgan fingerprint density at radius 2 is 1.66 bits per heavy atom. The monoisotopic (exact) mass is 415 g/mol. The SMILES string of the molecule is CCc1ccc(C2CC(N)CN(C(=O)N3CCCC3)C2)cc1.O=C(O)C(F)(F)F. The Labute approximate surface area is 168 Å². The van der Waals surface area contributed by atoms with Crippen LogP contribution in [0.25, 0.3) is 0 Å². The van der Waals surface area contributed by atoms with Gasteiger partial charge in [-0.2, -0.15) is 13.2 Å². The van der Waals surface area contributed by atoms with Crippen LogP contribution in [0.1, 0.15) is 43.2 Å². The quantitative estimate of drug-likeness (QED) is 0.777.